The maximum Gasteiger partial charge on any atom is 0.220 e. The molecule has 1 aromatic rings. The highest BCUT2D eigenvalue weighted by molar-refractivity contribution is 5.73. The fraction of sp³-hybridized carbons (Fsp3) is 0.500. The van der Waals surface area contributed by atoms with Gasteiger partial charge in [0, 0.05) is 31.8 Å². The molecule has 0 atom stereocenters. The van der Waals surface area contributed by atoms with Crippen LogP contribution in [0.3, 0.4) is 0 Å². The van der Waals surface area contributed by atoms with Crippen LogP contribution < -0.4 is 20.5 Å². The largest absolute Gasteiger partial charge is 0.497 e. The molecular weight excluding hydrogens is 260 g/mol. The zero-order valence-corrected chi connectivity index (χ0v) is 12.0. The minimum atomic E-state index is -0.382. The van der Waals surface area contributed by atoms with Gasteiger partial charge in [0.1, 0.15) is 11.5 Å². The van der Waals surface area contributed by atoms with Gasteiger partial charge < -0.3 is 25.3 Å². The van der Waals surface area contributed by atoms with Crippen LogP contribution in [0, 0.1) is 0 Å². The summed E-state index contributed by atoms with van der Waals surface area (Å²) in [5, 5.41) is 3.24. The fourth-order valence-corrected chi connectivity index (χ4v) is 1.60. The maximum atomic E-state index is 10.7. The van der Waals surface area contributed by atoms with Crippen LogP contribution in [0.15, 0.2) is 18.2 Å². The summed E-state index contributed by atoms with van der Waals surface area (Å²) in [6.45, 7) is 2.31. The Balaban J connectivity index is 2.62. The number of hydrogen-bond acceptors (Lipinski definition) is 5. The number of nitrogens with one attached hydrogen (secondary N) is 1. The Morgan fingerprint density at radius 2 is 2.10 bits per heavy atom. The zero-order valence-electron chi connectivity index (χ0n) is 12.0. The lowest BCUT2D eigenvalue weighted by atomic mass is 10.2. The second kappa shape index (κ2) is 9.17. The number of benzene rings is 1. The minimum Gasteiger partial charge on any atom is -0.497 e. The summed E-state index contributed by atoms with van der Waals surface area (Å²) >= 11 is 0. The second-order valence-corrected chi connectivity index (χ2v) is 4.21. The number of carbonyl (C=O) groups is 1. The molecule has 0 aliphatic heterocycles. The molecule has 0 bridgehead atoms. The molecule has 0 aromatic heterocycles. The molecular formula is C14H22N2O4. The molecule has 6 nitrogen and oxygen atoms in total. The number of methoxy groups -OCH3 is 2. The second-order valence-electron chi connectivity index (χ2n) is 4.21. The van der Waals surface area contributed by atoms with E-state index in [0.29, 0.717) is 24.7 Å². The Bertz CT molecular complexity index is 424. The molecule has 0 saturated carbocycles. The van der Waals surface area contributed by atoms with Gasteiger partial charge in [0.05, 0.1) is 26.7 Å². The van der Waals surface area contributed by atoms with E-state index in [2.05, 4.69) is 5.32 Å². The number of ether oxygens (including phenoxy) is 3. The van der Waals surface area contributed by atoms with E-state index < -0.39 is 0 Å². The van der Waals surface area contributed by atoms with Gasteiger partial charge in [-0.05, 0) is 6.07 Å². The summed E-state index contributed by atoms with van der Waals surface area (Å²) in [6, 6.07) is 5.60. The molecule has 0 spiro atoms. The third-order valence-corrected chi connectivity index (χ3v) is 2.68. The number of carbonyl (C=O) groups excluding carboxylic acids is 1. The van der Waals surface area contributed by atoms with Gasteiger partial charge in [0.2, 0.25) is 5.91 Å². The molecule has 0 aliphatic carbocycles. The van der Waals surface area contributed by atoms with Crippen molar-refractivity contribution in [2.45, 2.75) is 13.0 Å². The monoisotopic (exact) mass is 282 g/mol. The van der Waals surface area contributed by atoms with E-state index in [0.717, 1.165) is 12.1 Å². The summed E-state index contributed by atoms with van der Waals surface area (Å²) in [5.41, 5.74) is 6.09. The van der Waals surface area contributed by atoms with E-state index in [1.807, 2.05) is 12.1 Å². The van der Waals surface area contributed by atoms with Gasteiger partial charge in [0.25, 0.3) is 0 Å². The molecule has 0 heterocycles. The van der Waals surface area contributed by atoms with Crippen molar-refractivity contribution in [3.8, 4) is 11.5 Å². The van der Waals surface area contributed by atoms with Crippen LogP contribution in [0.2, 0.25) is 0 Å². The zero-order chi connectivity index (χ0) is 14.8. The van der Waals surface area contributed by atoms with Crippen LogP contribution in [-0.2, 0) is 16.1 Å². The highest BCUT2D eigenvalue weighted by Gasteiger charge is 2.06. The SMILES string of the molecule is COCCNCc1ccc(OC)cc1OCCC(N)=O. The predicted octanol–water partition coefficient (Wildman–Crippen LogP) is 0.685. The lowest BCUT2D eigenvalue weighted by Gasteiger charge is -2.13. The van der Waals surface area contributed by atoms with Crippen LogP contribution in [0.25, 0.3) is 0 Å². The van der Waals surface area contributed by atoms with Crippen molar-refractivity contribution in [2.24, 2.45) is 5.73 Å². The molecule has 0 fully saturated rings. The van der Waals surface area contributed by atoms with E-state index in [4.69, 9.17) is 19.9 Å². The average Bonchev–Trinajstić information content (AvgIpc) is 2.44. The van der Waals surface area contributed by atoms with Gasteiger partial charge in [-0.15, -0.1) is 0 Å². The number of primary amides is 1. The van der Waals surface area contributed by atoms with Crippen molar-refractivity contribution in [3.63, 3.8) is 0 Å². The number of hydrogen-bond donors (Lipinski definition) is 2. The van der Waals surface area contributed by atoms with Crippen molar-refractivity contribution in [1.82, 2.24) is 5.32 Å². The van der Waals surface area contributed by atoms with Crippen LogP contribution in [0.5, 0.6) is 11.5 Å². The van der Waals surface area contributed by atoms with Crippen molar-refractivity contribution >= 4 is 5.91 Å². The summed E-state index contributed by atoms with van der Waals surface area (Å²) in [6.07, 6.45) is 0.188. The van der Waals surface area contributed by atoms with Gasteiger partial charge in [-0.1, -0.05) is 6.07 Å². The fourth-order valence-electron chi connectivity index (χ4n) is 1.60. The first-order valence-electron chi connectivity index (χ1n) is 6.45. The van der Waals surface area contributed by atoms with Crippen molar-refractivity contribution in [1.29, 1.82) is 0 Å². The van der Waals surface area contributed by atoms with Crippen LogP contribution in [0.4, 0.5) is 0 Å². The molecule has 20 heavy (non-hydrogen) atoms. The predicted molar refractivity (Wildman–Crippen MR) is 75.9 cm³/mol. The van der Waals surface area contributed by atoms with Gasteiger partial charge in [0.15, 0.2) is 0 Å². The number of rotatable bonds is 10. The first-order valence-corrected chi connectivity index (χ1v) is 6.45. The Morgan fingerprint density at radius 1 is 1.30 bits per heavy atom. The van der Waals surface area contributed by atoms with Gasteiger partial charge in [-0.3, -0.25) is 4.79 Å². The standard InChI is InChI=1S/C14H22N2O4/c1-18-8-6-16-10-11-3-4-12(19-2)9-13(11)20-7-5-14(15)17/h3-4,9,16H,5-8,10H2,1-2H3,(H2,15,17). The maximum absolute atomic E-state index is 10.7. The molecule has 1 rings (SSSR count). The van der Waals surface area contributed by atoms with Gasteiger partial charge in [-0.25, -0.2) is 0 Å². The molecule has 1 amide bonds. The minimum absolute atomic E-state index is 0.188. The molecule has 112 valence electrons. The summed E-state index contributed by atoms with van der Waals surface area (Å²) in [4.78, 5) is 10.7. The summed E-state index contributed by atoms with van der Waals surface area (Å²) in [5.74, 6) is 1.02. The lowest BCUT2D eigenvalue weighted by molar-refractivity contribution is -0.118. The van der Waals surface area contributed by atoms with Gasteiger partial charge >= 0.3 is 0 Å². The van der Waals surface area contributed by atoms with Crippen molar-refractivity contribution < 1.29 is 19.0 Å². The summed E-state index contributed by atoms with van der Waals surface area (Å²) < 4.78 is 15.7. The van der Waals surface area contributed by atoms with E-state index in [1.54, 1.807) is 20.3 Å². The number of amides is 1. The lowest BCUT2D eigenvalue weighted by Crippen LogP contribution is -2.19. The van der Waals surface area contributed by atoms with E-state index in [1.165, 1.54) is 0 Å². The molecule has 0 unspecified atom stereocenters. The third kappa shape index (κ3) is 5.90. The van der Waals surface area contributed by atoms with E-state index in [-0.39, 0.29) is 18.9 Å². The topological polar surface area (TPSA) is 82.8 Å². The third-order valence-electron chi connectivity index (χ3n) is 2.68. The molecule has 6 heteroatoms. The van der Waals surface area contributed by atoms with Crippen LogP contribution in [0.1, 0.15) is 12.0 Å². The molecule has 0 saturated heterocycles. The molecule has 3 N–H and O–H groups in total. The van der Waals surface area contributed by atoms with Crippen molar-refractivity contribution in [2.75, 3.05) is 34.0 Å². The quantitative estimate of drug-likeness (QED) is 0.617. The number of nitrogens with two attached hydrogens (primary N) is 1. The van der Waals surface area contributed by atoms with Gasteiger partial charge in [-0.2, -0.15) is 0 Å². The smallest absolute Gasteiger partial charge is 0.220 e. The molecule has 0 aliphatic rings. The Kier molecular flexibility index (Phi) is 7.46. The normalized spacial score (nSPS) is 10.3. The van der Waals surface area contributed by atoms with Crippen molar-refractivity contribution in [3.05, 3.63) is 23.8 Å². The van der Waals surface area contributed by atoms with E-state index in [9.17, 15) is 4.79 Å². The van der Waals surface area contributed by atoms with Crippen LogP contribution in [-0.4, -0.2) is 39.9 Å². The Hall–Kier alpha value is -1.79. The highest BCUT2D eigenvalue weighted by atomic mass is 16.5. The van der Waals surface area contributed by atoms with E-state index >= 15 is 0 Å². The first kappa shape index (κ1) is 16.3. The average molecular weight is 282 g/mol. The van der Waals surface area contributed by atoms with Crippen LogP contribution >= 0.6 is 0 Å². The molecule has 1 aromatic carbocycles. The highest BCUT2D eigenvalue weighted by Crippen LogP contribution is 2.25. The first-order chi connectivity index (χ1) is 9.67. The Labute approximate surface area is 119 Å². The molecule has 0 radical (unpaired) electrons. The summed E-state index contributed by atoms with van der Waals surface area (Å²) in [7, 11) is 3.26. The Morgan fingerprint density at radius 3 is 2.75 bits per heavy atom.